The summed E-state index contributed by atoms with van der Waals surface area (Å²) in [4.78, 5) is 22.3. The van der Waals surface area contributed by atoms with Gasteiger partial charge in [-0.2, -0.15) is 0 Å². The highest BCUT2D eigenvalue weighted by Gasteiger charge is 2.26. The zero-order chi connectivity index (χ0) is 10.8. The number of nitrogens with one attached hydrogen (secondary N) is 1. The molecule has 78 valence electrons. The number of carboxylic acids is 1. The Kier molecular flexibility index (Phi) is 2.29. The van der Waals surface area contributed by atoms with E-state index in [-0.39, 0.29) is 6.61 Å². The summed E-state index contributed by atoms with van der Waals surface area (Å²) in [5, 5.41) is 11.1. The SMILES string of the molecule is O=C1NC(C(=O)O)COc2ccccc21. The molecule has 5 heteroatoms. The molecule has 2 rings (SSSR count). The smallest absolute Gasteiger partial charge is 0.329 e. The molecule has 0 bridgehead atoms. The molecular formula is C10H9NO4. The maximum Gasteiger partial charge on any atom is 0.329 e. The van der Waals surface area contributed by atoms with Crippen LogP contribution in [-0.4, -0.2) is 29.6 Å². The van der Waals surface area contributed by atoms with Gasteiger partial charge in [0.05, 0.1) is 5.56 Å². The van der Waals surface area contributed by atoms with E-state index >= 15 is 0 Å². The lowest BCUT2D eigenvalue weighted by Gasteiger charge is -2.09. The van der Waals surface area contributed by atoms with Crippen LogP contribution < -0.4 is 10.1 Å². The average molecular weight is 207 g/mol. The van der Waals surface area contributed by atoms with Crippen LogP contribution in [0.25, 0.3) is 0 Å². The molecule has 1 atom stereocenters. The van der Waals surface area contributed by atoms with Crippen LogP contribution in [0.2, 0.25) is 0 Å². The molecule has 1 aromatic carbocycles. The third-order valence-corrected chi connectivity index (χ3v) is 2.14. The zero-order valence-corrected chi connectivity index (χ0v) is 7.77. The summed E-state index contributed by atoms with van der Waals surface area (Å²) in [5.74, 6) is -1.11. The number of ether oxygens (including phenoxy) is 1. The normalized spacial score (nSPS) is 19.5. The molecule has 1 heterocycles. The molecular weight excluding hydrogens is 198 g/mol. The summed E-state index contributed by atoms with van der Waals surface area (Å²) in [6.07, 6.45) is 0. The second-order valence-electron chi connectivity index (χ2n) is 3.17. The largest absolute Gasteiger partial charge is 0.490 e. The van der Waals surface area contributed by atoms with Gasteiger partial charge in [-0.05, 0) is 12.1 Å². The lowest BCUT2D eigenvalue weighted by Crippen LogP contribution is -2.42. The van der Waals surface area contributed by atoms with Gasteiger partial charge >= 0.3 is 5.97 Å². The van der Waals surface area contributed by atoms with Crippen LogP contribution in [0, 0.1) is 0 Å². The van der Waals surface area contributed by atoms with Crippen LogP contribution >= 0.6 is 0 Å². The second kappa shape index (κ2) is 3.61. The standard InChI is InChI=1S/C10H9NO4/c12-9-6-3-1-2-4-8(6)15-5-7(11-9)10(13)14/h1-4,7H,5H2,(H,11,12)(H,13,14). The predicted octanol–water partition coefficient (Wildman–Crippen LogP) is 0.262. The number of hydrogen-bond donors (Lipinski definition) is 2. The quantitative estimate of drug-likeness (QED) is 0.692. The van der Waals surface area contributed by atoms with E-state index in [0.717, 1.165) is 0 Å². The maximum absolute atomic E-state index is 11.6. The van der Waals surface area contributed by atoms with Crippen LogP contribution in [0.1, 0.15) is 10.4 Å². The van der Waals surface area contributed by atoms with Crippen molar-refractivity contribution in [3.8, 4) is 5.75 Å². The minimum absolute atomic E-state index is 0.0575. The fourth-order valence-corrected chi connectivity index (χ4v) is 1.36. The molecule has 1 unspecified atom stereocenters. The number of carbonyl (C=O) groups is 2. The van der Waals surface area contributed by atoms with E-state index in [9.17, 15) is 9.59 Å². The Morgan fingerprint density at radius 2 is 2.20 bits per heavy atom. The molecule has 15 heavy (non-hydrogen) atoms. The number of benzene rings is 1. The highest BCUT2D eigenvalue weighted by atomic mass is 16.5. The fourth-order valence-electron chi connectivity index (χ4n) is 1.36. The first-order valence-corrected chi connectivity index (χ1v) is 4.44. The molecule has 0 radical (unpaired) electrons. The number of fused-ring (bicyclic) bond motifs is 1. The summed E-state index contributed by atoms with van der Waals surface area (Å²) in [5.41, 5.74) is 0.362. The van der Waals surface area contributed by atoms with Crippen molar-refractivity contribution in [3.05, 3.63) is 29.8 Å². The van der Waals surface area contributed by atoms with E-state index in [0.29, 0.717) is 11.3 Å². The molecule has 1 aliphatic heterocycles. The molecule has 0 aromatic heterocycles. The summed E-state index contributed by atoms with van der Waals surface area (Å²) in [7, 11) is 0. The van der Waals surface area contributed by atoms with Gasteiger partial charge in [-0.15, -0.1) is 0 Å². The lowest BCUT2D eigenvalue weighted by atomic mass is 10.2. The van der Waals surface area contributed by atoms with Crippen LogP contribution in [0.4, 0.5) is 0 Å². The summed E-state index contributed by atoms with van der Waals surface area (Å²) in [6.45, 7) is -0.0575. The Balaban J connectivity index is 2.32. The Morgan fingerprint density at radius 3 is 2.93 bits per heavy atom. The van der Waals surface area contributed by atoms with E-state index in [1.165, 1.54) is 0 Å². The van der Waals surface area contributed by atoms with Crippen LogP contribution in [0.5, 0.6) is 5.75 Å². The van der Waals surface area contributed by atoms with Crippen molar-refractivity contribution in [2.75, 3.05) is 6.61 Å². The predicted molar refractivity (Wildman–Crippen MR) is 50.8 cm³/mol. The van der Waals surface area contributed by atoms with Gasteiger partial charge < -0.3 is 15.2 Å². The van der Waals surface area contributed by atoms with Crippen LogP contribution in [0.3, 0.4) is 0 Å². The Hall–Kier alpha value is -2.04. The number of aliphatic carboxylic acids is 1. The van der Waals surface area contributed by atoms with Gasteiger partial charge in [-0.25, -0.2) is 4.79 Å². The fraction of sp³-hybridized carbons (Fsp3) is 0.200. The molecule has 1 amide bonds. The Bertz CT molecular complexity index is 416. The van der Waals surface area contributed by atoms with Gasteiger partial charge in [0.25, 0.3) is 5.91 Å². The first-order chi connectivity index (χ1) is 7.18. The third-order valence-electron chi connectivity index (χ3n) is 2.14. The first-order valence-electron chi connectivity index (χ1n) is 4.44. The molecule has 5 nitrogen and oxygen atoms in total. The number of rotatable bonds is 1. The number of para-hydroxylation sites is 1. The van der Waals surface area contributed by atoms with Crippen molar-refractivity contribution >= 4 is 11.9 Å². The highest BCUT2D eigenvalue weighted by molar-refractivity contribution is 5.99. The number of amides is 1. The van der Waals surface area contributed by atoms with Crippen molar-refractivity contribution in [2.45, 2.75) is 6.04 Å². The van der Waals surface area contributed by atoms with Crippen molar-refractivity contribution < 1.29 is 19.4 Å². The highest BCUT2D eigenvalue weighted by Crippen LogP contribution is 2.20. The van der Waals surface area contributed by atoms with Gasteiger partial charge in [0.2, 0.25) is 0 Å². The van der Waals surface area contributed by atoms with E-state index in [1.807, 2.05) is 0 Å². The number of carboxylic acid groups (broad SMARTS) is 1. The van der Waals surface area contributed by atoms with Crippen LogP contribution in [-0.2, 0) is 4.79 Å². The topological polar surface area (TPSA) is 75.6 Å². The van der Waals surface area contributed by atoms with Crippen molar-refractivity contribution in [1.29, 1.82) is 0 Å². The van der Waals surface area contributed by atoms with Gasteiger partial charge in [0.15, 0.2) is 6.04 Å². The molecule has 0 fully saturated rings. The van der Waals surface area contributed by atoms with E-state index in [4.69, 9.17) is 9.84 Å². The monoisotopic (exact) mass is 207 g/mol. The Labute approximate surface area is 85.7 Å². The zero-order valence-electron chi connectivity index (χ0n) is 7.77. The molecule has 2 N–H and O–H groups in total. The molecule has 0 saturated carbocycles. The average Bonchev–Trinajstić information content (AvgIpc) is 2.39. The number of hydrogen-bond acceptors (Lipinski definition) is 3. The maximum atomic E-state index is 11.6. The van der Waals surface area contributed by atoms with E-state index in [2.05, 4.69) is 5.32 Å². The van der Waals surface area contributed by atoms with Crippen molar-refractivity contribution in [1.82, 2.24) is 5.32 Å². The third kappa shape index (κ3) is 1.76. The summed E-state index contributed by atoms with van der Waals surface area (Å²) in [6, 6.07) is 5.66. The summed E-state index contributed by atoms with van der Waals surface area (Å²) < 4.78 is 5.23. The van der Waals surface area contributed by atoms with Gasteiger partial charge in [-0.1, -0.05) is 12.1 Å². The second-order valence-corrected chi connectivity index (χ2v) is 3.17. The molecule has 1 aliphatic rings. The van der Waals surface area contributed by atoms with E-state index < -0.39 is 17.9 Å². The van der Waals surface area contributed by atoms with E-state index in [1.54, 1.807) is 24.3 Å². The number of carbonyl (C=O) groups excluding carboxylic acids is 1. The molecule has 0 aliphatic carbocycles. The molecule has 1 aromatic rings. The Morgan fingerprint density at radius 1 is 1.47 bits per heavy atom. The van der Waals surface area contributed by atoms with Gasteiger partial charge in [0, 0.05) is 0 Å². The first kappa shape index (κ1) is 9.51. The van der Waals surface area contributed by atoms with Crippen molar-refractivity contribution in [2.24, 2.45) is 0 Å². The van der Waals surface area contributed by atoms with Gasteiger partial charge in [0.1, 0.15) is 12.4 Å². The van der Waals surface area contributed by atoms with Gasteiger partial charge in [-0.3, -0.25) is 4.79 Å². The minimum Gasteiger partial charge on any atom is -0.490 e. The molecule has 0 spiro atoms. The van der Waals surface area contributed by atoms with Crippen molar-refractivity contribution in [3.63, 3.8) is 0 Å². The minimum atomic E-state index is -1.10. The van der Waals surface area contributed by atoms with Crippen LogP contribution in [0.15, 0.2) is 24.3 Å². The lowest BCUT2D eigenvalue weighted by molar-refractivity contribution is -0.139. The summed E-state index contributed by atoms with van der Waals surface area (Å²) >= 11 is 0. The molecule has 0 saturated heterocycles.